The quantitative estimate of drug-likeness (QED) is 0.533. The first-order valence-electron chi connectivity index (χ1n) is 10.1. The highest BCUT2D eigenvalue weighted by atomic mass is 32.1. The minimum absolute atomic E-state index is 0.109. The summed E-state index contributed by atoms with van der Waals surface area (Å²) in [7, 11) is 0. The van der Waals surface area contributed by atoms with E-state index in [1.54, 1.807) is 29.6 Å². The number of esters is 1. The fourth-order valence-electron chi connectivity index (χ4n) is 3.26. The van der Waals surface area contributed by atoms with E-state index in [-0.39, 0.29) is 31.3 Å². The topological polar surface area (TPSA) is 97.8 Å². The Morgan fingerprint density at radius 2 is 1.97 bits per heavy atom. The first kappa shape index (κ1) is 22.4. The van der Waals surface area contributed by atoms with Crippen LogP contribution in [0.4, 0.5) is 15.8 Å². The smallest absolute Gasteiger partial charge is 0.312 e. The van der Waals surface area contributed by atoms with Crippen molar-refractivity contribution >= 4 is 40.5 Å². The number of carbonyl (C=O) groups excluding carboxylic acids is 3. The normalized spacial score (nSPS) is 13.6. The van der Waals surface area contributed by atoms with Crippen LogP contribution in [0.25, 0.3) is 0 Å². The van der Waals surface area contributed by atoms with Crippen LogP contribution in [0.15, 0.2) is 53.9 Å². The second-order valence-corrected chi connectivity index (χ2v) is 8.22. The van der Waals surface area contributed by atoms with Crippen LogP contribution in [0.5, 0.6) is 5.75 Å². The SMILES string of the molecule is C[C@@H](OC(=O)Cc1csc(COc2ccc(F)cc2)n1)C(=O)N1CC(=O)Nc2ccccc21. The molecule has 0 aliphatic carbocycles. The van der Waals surface area contributed by atoms with Gasteiger partial charge in [0.1, 0.15) is 29.7 Å². The zero-order valence-corrected chi connectivity index (χ0v) is 18.4. The fourth-order valence-corrected chi connectivity index (χ4v) is 3.96. The van der Waals surface area contributed by atoms with Crippen LogP contribution in [0, 0.1) is 5.82 Å². The molecule has 2 heterocycles. The molecular weight excluding hydrogens is 449 g/mol. The molecule has 3 aromatic rings. The number of benzene rings is 2. The summed E-state index contributed by atoms with van der Waals surface area (Å²) in [5, 5.41) is 5.06. The van der Waals surface area contributed by atoms with Crippen molar-refractivity contribution in [3.05, 3.63) is 70.4 Å². The lowest BCUT2D eigenvalue weighted by Gasteiger charge is -2.30. The van der Waals surface area contributed by atoms with Crippen molar-refractivity contribution in [2.24, 2.45) is 0 Å². The molecule has 1 aliphatic heterocycles. The van der Waals surface area contributed by atoms with Gasteiger partial charge < -0.3 is 14.8 Å². The van der Waals surface area contributed by atoms with Crippen molar-refractivity contribution in [3.8, 4) is 5.75 Å². The predicted octanol–water partition coefficient (Wildman–Crippen LogP) is 3.32. The molecule has 0 bridgehead atoms. The molecule has 0 saturated heterocycles. The summed E-state index contributed by atoms with van der Waals surface area (Å²) in [6.07, 6.45) is -1.18. The number of anilines is 2. The largest absolute Gasteiger partial charge is 0.486 e. The van der Waals surface area contributed by atoms with Crippen LogP contribution in [0.2, 0.25) is 0 Å². The van der Waals surface area contributed by atoms with E-state index >= 15 is 0 Å². The number of hydrogen-bond donors (Lipinski definition) is 1. The summed E-state index contributed by atoms with van der Waals surface area (Å²) in [6.45, 7) is 1.50. The van der Waals surface area contributed by atoms with Crippen LogP contribution >= 0.6 is 11.3 Å². The van der Waals surface area contributed by atoms with E-state index in [1.807, 2.05) is 0 Å². The zero-order chi connectivity index (χ0) is 23.4. The van der Waals surface area contributed by atoms with Crippen molar-refractivity contribution < 1.29 is 28.2 Å². The molecule has 10 heteroatoms. The molecule has 170 valence electrons. The lowest BCUT2D eigenvalue weighted by atomic mass is 10.1. The van der Waals surface area contributed by atoms with Gasteiger partial charge in [0.2, 0.25) is 5.91 Å². The summed E-state index contributed by atoms with van der Waals surface area (Å²) in [5.41, 5.74) is 1.57. The van der Waals surface area contributed by atoms with E-state index < -0.39 is 18.0 Å². The Kier molecular flexibility index (Phi) is 6.64. The highest BCUT2D eigenvalue weighted by molar-refractivity contribution is 7.09. The summed E-state index contributed by atoms with van der Waals surface area (Å²) in [5.74, 6) is -1.26. The van der Waals surface area contributed by atoms with E-state index in [9.17, 15) is 18.8 Å². The average Bonchev–Trinajstić information content (AvgIpc) is 3.24. The van der Waals surface area contributed by atoms with E-state index in [1.165, 1.54) is 47.4 Å². The van der Waals surface area contributed by atoms with Gasteiger partial charge in [-0.05, 0) is 43.3 Å². The van der Waals surface area contributed by atoms with Crippen molar-refractivity contribution in [2.75, 3.05) is 16.8 Å². The number of para-hydroxylation sites is 2. The van der Waals surface area contributed by atoms with E-state index in [2.05, 4.69) is 10.3 Å². The maximum atomic E-state index is 13.0. The van der Waals surface area contributed by atoms with Crippen molar-refractivity contribution in [1.82, 2.24) is 4.98 Å². The Hall–Kier alpha value is -3.79. The van der Waals surface area contributed by atoms with Crippen molar-refractivity contribution in [1.29, 1.82) is 0 Å². The van der Waals surface area contributed by atoms with Gasteiger partial charge in [0, 0.05) is 5.38 Å². The first-order chi connectivity index (χ1) is 15.9. The van der Waals surface area contributed by atoms with Gasteiger partial charge >= 0.3 is 5.97 Å². The number of aromatic nitrogens is 1. The van der Waals surface area contributed by atoms with E-state index in [0.29, 0.717) is 27.8 Å². The van der Waals surface area contributed by atoms with Gasteiger partial charge in [-0.25, -0.2) is 9.37 Å². The van der Waals surface area contributed by atoms with Gasteiger partial charge in [-0.15, -0.1) is 11.3 Å². The Morgan fingerprint density at radius 1 is 1.21 bits per heavy atom. The van der Waals surface area contributed by atoms with E-state index in [4.69, 9.17) is 9.47 Å². The molecular formula is C23H20FN3O5S. The molecule has 0 fully saturated rings. The van der Waals surface area contributed by atoms with Gasteiger partial charge in [0.25, 0.3) is 5.91 Å². The number of amides is 2. The number of rotatable bonds is 7. The first-order valence-corrected chi connectivity index (χ1v) is 11.0. The molecule has 0 saturated carbocycles. The maximum absolute atomic E-state index is 13.0. The van der Waals surface area contributed by atoms with Crippen molar-refractivity contribution in [2.45, 2.75) is 26.1 Å². The number of thiazole rings is 1. The summed E-state index contributed by atoms with van der Waals surface area (Å²) in [4.78, 5) is 42.8. The van der Waals surface area contributed by atoms with Crippen LogP contribution in [-0.4, -0.2) is 35.4 Å². The van der Waals surface area contributed by atoms with Gasteiger partial charge in [-0.3, -0.25) is 19.3 Å². The highest BCUT2D eigenvalue weighted by Gasteiger charge is 2.31. The maximum Gasteiger partial charge on any atom is 0.312 e. The summed E-state index contributed by atoms with van der Waals surface area (Å²) >= 11 is 1.32. The van der Waals surface area contributed by atoms with E-state index in [0.717, 1.165) is 0 Å². The third-order valence-electron chi connectivity index (χ3n) is 4.79. The Balaban J connectivity index is 1.31. The fraction of sp³-hybridized carbons (Fsp3) is 0.217. The number of nitrogens with one attached hydrogen (secondary N) is 1. The molecule has 0 radical (unpaired) electrons. The standard InChI is InChI=1S/C23H20FN3O5S/c1-14(23(30)27-11-20(28)26-18-4-2-3-5-19(18)27)32-22(29)10-16-13-33-21(25-16)12-31-17-8-6-15(24)7-9-17/h2-9,13-14H,10-12H2,1H3,(H,26,28)/t14-/m1/s1. The monoisotopic (exact) mass is 469 g/mol. The lowest BCUT2D eigenvalue weighted by molar-refractivity contribution is -0.153. The van der Waals surface area contributed by atoms with Crippen LogP contribution < -0.4 is 15.0 Å². The molecule has 1 N–H and O–H groups in total. The minimum atomic E-state index is -1.07. The number of hydrogen-bond acceptors (Lipinski definition) is 7. The number of carbonyl (C=O) groups is 3. The second-order valence-electron chi connectivity index (χ2n) is 7.27. The average molecular weight is 469 g/mol. The van der Waals surface area contributed by atoms with Crippen molar-refractivity contribution in [3.63, 3.8) is 0 Å². The number of fused-ring (bicyclic) bond motifs is 1. The molecule has 1 aromatic heterocycles. The number of nitrogens with zero attached hydrogens (tertiary/aromatic N) is 2. The van der Waals surface area contributed by atoms with Gasteiger partial charge in [-0.1, -0.05) is 12.1 Å². The van der Waals surface area contributed by atoms with Crippen LogP contribution in [0.3, 0.4) is 0 Å². The Bertz CT molecular complexity index is 1180. The predicted molar refractivity (Wildman–Crippen MR) is 120 cm³/mol. The zero-order valence-electron chi connectivity index (χ0n) is 17.6. The molecule has 0 unspecified atom stereocenters. The molecule has 2 aromatic carbocycles. The third-order valence-corrected chi connectivity index (χ3v) is 5.66. The molecule has 1 atom stereocenters. The molecule has 33 heavy (non-hydrogen) atoms. The van der Waals surface area contributed by atoms with Crippen LogP contribution in [0.1, 0.15) is 17.6 Å². The lowest BCUT2D eigenvalue weighted by Crippen LogP contribution is -2.47. The second kappa shape index (κ2) is 9.78. The third kappa shape index (κ3) is 5.53. The van der Waals surface area contributed by atoms with Gasteiger partial charge in [-0.2, -0.15) is 0 Å². The molecule has 1 aliphatic rings. The number of halogens is 1. The molecule has 0 spiro atoms. The van der Waals surface area contributed by atoms with Crippen LogP contribution in [-0.2, 0) is 32.1 Å². The van der Waals surface area contributed by atoms with Gasteiger partial charge in [0.05, 0.1) is 23.5 Å². The molecule has 8 nitrogen and oxygen atoms in total. The van der Waals surface area contributed by atoms with Gasteiger partial charge in [0.15, 0.2) is 6.10 Å². The number of ether oxygens (including phenoxy) is 2. The summed E-state index contributed by atoms with van der Waals surface area (Å²) in [6, 6.07) is 12.6. The minimum Gasteiger partial charge on any atom is -0.486 e. The Labute approximate surface area is 193 Å². The highest BCUT2D eigenvalue weighted by Crippen LogP contribution is 2.29. The molecule has 4 rings (SSSR count). The summed E-state index contributed by atoms with van der Waals surface area (Å²) < 4.78 is 23.8. The molecule has 2 amide bonds. The Morgan fingerprint density at radius 3 is 2.76 bits per heavy atom.